The summed E-state index contributed by atoms with van der Waals surface area (Å²) >= 11 is 0. The Hall–Kier alpha value is -2.80. The van der Waals surface area contributed by atoms with Gasteiger partial charge in [-0.25, -0.2) is 4.98 Å². The third-order valence-corrected chi connectivity index (χ3v) is 3.30. The number of fused-ring (bicyclic) bond motifs is 1. The lowest BCUT2D eigenvalue weighted by Crippen LogP contribution is -2.18. The van der Waals surface area contributed by atoms with Gasteiger partial charge in [0, 0.05) is 24.9 Å². The zero-order chi connectivity index (χ0) is 15.5. The van der Waals surface area contributed by atoms with Crippen LogP contribution in [0.5, 0.6) is 0 Å². The van der Waals surface area contributed by atoms with Gasteiger partial charge in [0.25, 0.3) is 5.69 Å². The Bertz CT molecular complexity index is 800. The van der Waals surface area contributed by atoms with Gasteiger partial charge < -0.3 is 4.98 Å². The number of hydrogen-bond acceptors (Lipinski definition) is 5. The Morgan fingerprint density at radius 1 is 1.27 bits per heavy atom. The molecule has 0 bridgehead atoms. The minimum Gasteiger partial charge on any atom is -0.341 e. The number of benzene rings is 1. The van der Waals surface area contributed by atoms with Crippen molar-refractivity contribution >= 4 is 16.7 Å². The lowest BCUT2D eigenvalue weighted by Gasteiger charge is -2.14. The first-order chi connectivity index (χ1) is 10.6. The molecule has 112 valence electrons. The third kappa shape index (κ3) is 3.09. The zero-order valence-corrected chi connectivity index (χ0v) is 12.1. The number of pyridine rings is 1. The molecule has 0 aliphatic heterocycles. The minimum absolute atomic E-state index is 0.0598. The van der Waals surface area contributed by atoms with E-state index in [9.17, 15) is 10.1 Å². The Balaban J connectivity index is 1.74. The second kappa shape index (κ2) is 5.90. The second-order valence-corrected chi connectivity index (χ2v) is 5.14. The molecule has 0 aliphatic rings. The van der Waals surface area contributed by atoms with E-state index in [0.717, 1.165) is 17.0 Å². The van der Waals surface area contributed by atoms with E-state index in [-0.39, 0.29) is 5.69 Å². The fraction of sp³-hybridized carbons (Fsp3) is 0.200. The highest BCUT2D eigenvalue weighted by Gasteiger charge is 2.11. The monoisotopic (exact) mass is 297 g/mol. The molecule has 0 radical (unpaired) electrons. The Morgan fingerprint density at radius 2 is 2.14 bits per heavy atom. The predicted octanol–water partition coefficient (Wildman–Crippen LogP) is 2.50. The largest absolute Gasteiger partial charge is 0.341 e. The number of nitrogens with one attached hydrogen (secondary N) is 1. The average Bonchev–Trinajstić information content (AvgIpc) is 2.89. The van der Waals surface area contributed by atoms with Crippen LogP contribution in [0.4, 0.5) is 5.69 Å². The smallest absolute Gasteiger partial charge is 0.271 e. The lowest BCUT2D eigenvalue weighted by molar-refractivity contribution is -0.384. The predicted molar refractivity (Wildman–Crippen MR) is 82.2 cm³/mol. The van der Waals surface area contributed by atoms with Gasteiger partial charge in [-0.2, -0.15) is 0 Å². The van der Waals surface area contributed by atoms with Crippen molar-refractivity contribution in [2.24, 2.45) is 0 Å². The summed E-state index contributed by atoms with van der Waals surface area (Å²) in [5, 5.41) is 10.8. The average molecular weight is 297 g/mol. The molecule has 0 aliphatic carbocycles. The number of aromatic amines is 1. The molecule has 0 amide bonds. The molecule has 2 heterocycles. The first-order valence-electron chi connectivity index (χ1n) is 6.83. The highest BCUT2D eigenvalue weighted by atomic mass is 16.6. The Morgan fingerprint density at radius 3 is 2.86 bits per heavy atom. The van der Waals surface area contributed by atoms with Crippen molar-refractivity contribution in [3.05, 3.63) is 64.2 Å². The van der Waals surface area contributed by atoms with Crippen molar-refractivity contribution in [1.29, 1.82) is 0 Å². The van der Waals surface area contributed by atoms with E-state index in [2.05, 4.69) is 19.9 Å². The van der Waals surface area contributed by atoms with Crippen LogP contribution in [0, 0.1) is 10.1 Å². The number of nitrogens with zero attached hydrogens (tertiary/aromatic N) is 4. The van der Waals surface area contributed by atoms with E-state index >= 15 is 0 Å². The van der Waals surface area contributed by atoms with E-state index in [1.807, 2.05) is 25.2 Å². The number of imidazole rings is 1. The summed E-state index contributed by atoms with van der Waals surface area (Å²) in [6, 6.07) is 10.4. The summed E-state index contributed by atoms with van der Waals surface area (Å²) in [6.45, 7) is 1.32. The topological polar surface area (TPSA) is 87.9 Å². The molecule has 1 N–H and O–H groups in total. The van der Waals surface area contributed by atoms with Gasteiger partial charge in [0.2, 0.25) is 0 Å². The maximum Gasteiger partial charge on any atom is 0.271 e. The number of aromatic nitrogens is 3. The van der Waals surface area contributed by atoms with Gasteiger partial charge in [-0.3, -0.25) is 20.0 Å². The first kappa shape index (κ1) is 14.2. The first-order valence-corrected chi connectivity index (χ1v) is 6.83. The Kier molecular flexibility index (Phi) is 3.80. The molecule has 22 heavy (non-hydrogen) atoms. The molecule has 7 heteroatoms. The van der Waals surface area contributed by atoms with Gasteiger partial charge in [0.1, 0.15) is 5.82 Å². The molecule has 0 saturated heterocycles. The van der Waals surface area contributed by atoms with Gasteiger partial charge in [-0.05, 0) is 25.2 Å². The summed E-state index contributed by atoms with van der Waals surface area (Å²) in [5.41, 5.74) is 2.45. The van der Waals surface area contributed by atoms with Gasteiger partial charge in [0.15, 0.2) is 0 Å². The molecule has 2 aromatic heterocycles. The molecular weight excluding hydrogens is 282 g/mol. The van der Waals surface area contributed by atoms with Crippen LogP contribution in [-0.2, 0) is 13.1 Å². The van der Waals surface area contributed by atoms with Crippen LogP contribution in [0.3, 0.4) is 0 Å². The zero-order valence-electron chi connectivity index (χ0n) is 12.1. The summed E-state index contributed by atoms with van der Waals surface area (Å²) in [7, 11) is 1.98. The third-order valence-electron chi connectivity index (χ3n) is 3.30. The highest BCUT2D eigenvalue weighted by molar-refractivity contribution is 5.77. The molecule has 0 unspecified atom stereocenters. The molecule has 1 aromatic carbocycles. The maximum atomic E-state index is 10.8. The molecule has 3 rings (SSSR count). The van der Waals surface area contributed by atoms with Crippen molar-refractivity contribution in [2.45, 2.75) is 13.1 Å². The van der Waals surface area contributed by atoms with Crippen LogP contribution < -0.4 is 0 Å². The van der Waals surface area contributed by atoms with Gasteiger partial charge in [-0.1, -0.05) is 6.07 Å². The van der Waals surface area contributed by atoms with E-state index in [0.29, 0.717) is 18.6 Å². The van der Waals surface area contributed by atoms with Crippen molar-refractivity contribution in [2.75, 3.05) is 7.05 Å². The van der Waals surface area contributed by atoms with E-state index in [1.165, 1.54) is 12.1 Å². The second-order valence-electron chi connectivity index (χ2n) is 5.14. The summed E-state index contributed by atoms with van der Waals surface area (Å²) in [6.07, 6.45) is 1.77. The molecule has 0 atom stereocenters. The Labute approximate surface area is 126 Å². The number of nitro groups is 1. The van der Waals surface area contributed by atoms with Crippen molar-refractivity contribution < 1.29 is 4.92 Å². The van der Waals surface area contributed by atoms with Gasteiger partial charge in [-0.15, -0.1) is 0 Å². The quantitative estimate of drug-likeness (QED) is 0.577. The lowest BCUT2D eigenvalue weighted by atomic mass is 10.3. The fourth-order valence-electron chi connectivity index (χ4n) is 2.32. The van der Waals surface area contributed by atoms with Crippen LogP contribution in [0.15, 0.2) is 42.6 Å². The van der Waals surface area contributed by atoms with E-state index in [1.54, 1.807) is 12.3 Å². The fourth-order valence-corrected chi connectivity index (χ4v) is 2.32. The molecule has 3 aromatic rings. The normalized spacial score (nSPS) is 11.2. The highest BCUT2D eigenvalue weighted by Crippen LogP contribution is 2.19. The van der Waals surface area contributed by atoms with E-state index < -0.39 is 4.92 Å². The minimum atomic E-state index is -0.410. The molecule has 0 fully saturated rings. The van der Waals surface area contributed by atoms with Gasteiger partial charge in [0.05, 0.1) is 28.2 Å². The van der Waals surface area contributed by atoms with Crippen molar-refractivity contribution in [3.63, 3.8) is 0 Å². The van der Waals surface area contributed by atoms with E-state index in [4.69, 9.17) is 0 Å². The standard InChI is InChI=1S/C15H15N5O2/c1-19(9-11-4-2-3-7-16-11)10-15-17-13-6-5-12(20(21)22)8-14(13)18-15/h2-8H,9-10H2,1H3,(H,17,18). The molecular formula is C15H15N5O2. The van der Waals surface area contributed by atoms with Crippen LogP contribution in [0.2, 0.25) is 0 Å². The number of non-ortho nitro benzene ring substituents is 1. The maximum absolute atomic E-state index is 10.8. The summed E-state index contributed by atoms with van der Waals surface area (Å²) in [5.74, 6) is 0.772. The van der Waals surface area contributed by atoms with Crippen molar-refractivity contribution in [1.82, 2.24) is 19.9 Å². The number of hydrogen-bond donors (Lipinski definition) is 1. The molecule has 0 spiro atoms. The number of H-pyrrole nitrogens is 1. The summed E-state index contributed by atoms with van der Waals surface area (Å²) in [4.78, 5) is 24.3. The SMILES string of the molecule is CN(Cc1ccccn1)Cc1nc2ccc([N+](=O)[O-])cc2[nH]1. The van der Waals surface area contributed by atoms with Crippen molar-refractivity contribution in [3.8, 4) is 0 Å². The van der Waals surface area contributed by atoms with Crippen LogP contribution in [-0.4, -0.2) is 31.8 Å². The number of rotatable bonds is 5. The van der Waals surface area contributed by atoms with Gasteiger partial charge >= 0.3 is 0 Å². The summed E-state index contributed by atoms with van der Waals surface area (Å²) < 4.78 is 0. The van der Waals surface area contributed by atoms with Crippen LogP contribution in [0.25, 0.3) is 11.0 Å². The molecule has 0 saturated carbocycles. The molecule has 7 nitrogen and oxygen atoms in total. The number of nitro benzene ring substituents is 1. The van der Waals surface area contributed by atoms with Crippen LogP contribution in [0.1, 0.15) is 11.5 Å². The van der Waals surface area contributed by atoms with Crippen LogP contribution >= 0.6 is 0 Å².